The summed E-state index contributed by atoms with van der Waals surface area (Å²) in [6.45, 7) is 7.05. The molecule has 1 N–H and O–H groups in total. The van der Waals surface area contributed by atoms with E-state index in [1.807, 2.05) is 37.3 Å². The fraction of sp³-hybridized carbons (Fsp3) is 0.333. The number of benzene rings is 2. The number of fused-ring (bicyclic) bond motifs is 1. The molecule has 3 heteroatoms. The van der Waals surface area contributed by atoms with Crippen LogP contribution in [0.4, 0.5) is 0 Å². The van der Waals surface area contributed by atoms with Crippen molar-refractivity contribution < 1.29 is 9.84 Å². The highest BCUT2D eigenvalue weighted by Gasteiger charge is 2.32. The first-order valence-electron chi connectivity index (χ1n) is 7.10. The predicted molar refractivity (Wildman–Crippen MR) is 87.9 cm³/mol. The minimum absolute atomic E-state index is 0.000690. The second-order valence-electron chi connectivity index (χ2n) is 6.34. The minimum atomic E-state index is -0.613. The Labute approximate surface area is 133 Å². The molecule has 0 saturated heterocycles. The Bertz CT molecular complexity index is 692. The first kappa shape index (κ1) is 14.6. The number of rotatable bonds is 2. The van der Waals surface area contributed by atoms with E-state index in [1.165, 1.54) is 5.56 Å². The molecule has 1 aliphatic rings. The van der Waals surface area contributed by atoms with Gasteiger partial charge < -0.3 is 9.84 Å². The van der Waals surface area contributed by atoms with Crippen molar-refractivity contribution in [3.63, 3.8) is 0 Å². The van der Waals surface area contributed by atoms with Gasteiger partial charge in [0.05, 0.1) is 6.61 Å². The number of aliphatic hydroxyl groups excluding tert-OH is 1. The normalized spacial score (nSPS) is 17.2. The Morgan fingerprint density at radius 2 is 1.81 bits per heavy atom. The largest absolute Gasteiger partial charge is 0.492 e. The molecule has 21 heavy (non-hydrogen) atoms. The summed E-state index contributed by atoms with van der Waals surface area (Å²) in [6.07, 6.45) is -0.613. The van der Waals surface area contributed by atoms with Crippen molar-refractivity contribution in [3.8, 4) is 5.75 Å². The smallest absolute Gasteiger partial charge is 0.123 e. The molecule has 3 rings (SSSR count). The molecule has 0 saturated carbocycles. The number of aryl methyl sites for hydroxylation is 1. The highest BCUT2D eigenvalue weighted by molar-refractivity contribution is 9.10. The maximum atomic E-state index is 10.7. The van der Waals surface area contributed by atoms with E-state index in [2.05, 4.69) is 35.8 Å². The van der Waals surface area contributed by atoms with Gasteiger partial charge in [-0.05, 0) is 41.8 Å². The zero-order chi connectivity index (χ0) is 15.2. The Hall–Kier alpha value is -1.32. The Morgan fingerprint density at radius 3 is 2.52 bits per heavy atom. The first-order chi connectivity index (χ1) is 9.88. The van der Waals surface area contributed by atoms with Gasteiger partial charge >= 0.3 is 0 Å². The lowest BCUT2D eigenvalue weighted by molar-refractivity contribution is 0.220. The van der Waals surface area contributed by atoms with Gasteiger partial charge in [-0.3, -0.25) is 0 Å². The van der Waals surface area contributed by atoms with Gasteiger partial charge in [0.1, 0.15) is 11.9 Å². The van der Waals surface area contributed by atoms with Crippen molar-refractivity contribution >= 4 is 15.9 Å². The van der Waals surface area contributed by atoms with E-state index in [4.69, 9.17) is 4.74 Å². The van der Waals surface area contributed by atoms with Crippen LogP contribution in [0.5, 0.6) is 5.75 Å². The lowest BCUT2D eigenvalue weighted by Gasteiger charge is -2.18. The molecule has 0 spiro atoms. The summed E-state index contributed by atoms with van der Waals surface area (Å²) in [5, 5.41) is 10.7. The van der Waals surface area contributed by atoms with Gasteiger partial charge in [0, 0.05) is 15.5 Å². The maximum absolute atomic E-state index is 10.7. The second kappa shape index (κ2) is 5.15. The van der Waals surface area contributed by atoms with E-state index < -0.39 is 6.10 Å². The summed E-state index contributed by atoms with van der Waals surface area (Å²) < 4.78 is 6.76. The zero-order valence-corrected chi connectivity index (χ0v) is 14.1. The Balaban J connectivity index is 1.99. The Kier molecular flexibility index (Phi) is 3.58. The van der Waals surface area contributed by atoms with E-state index in [0.29, 0.717) is 6.61 Å². The van der Waals surface area contributed by atoms with Crippen molar-refractivity contribution in [1.82, 2.24) is 0 Å². The molecule has 1 heterocycles. The van der Waals surface area contributed by atoms with Crippen LogP contribution in [0.25, 0.3) is 0 Å². The molecule has 0 amide bonds. The molecule has 2 aromatic rings. The summed E-state index contributed by atoms with van der Waals surface area (Å²) in [5.74, 6) is 0.933. The summed E-state index contributed by atoms with van der Waals surface area (Å²) >= 11 is 3.49. The third kappa shape index (κ3) is 2.60. The van der Waals surface area contributed by atoms with Gasteiger partial charge in [-0.1, -0.05) is 48.0 Å². The molecular weight excluding hydrogens is 328 g/mol. The molecule has 2 aromatic carbocycles. The number of halogens is 1. The average Bonchev–Trinajstić information content (AvgIpc) is 2.76. The van der Waals surface area contributed by atoms with Gasteiger partial charge in [-0.25, -0.2) is 0 Å². The van der Waals surface area contributed by atoms with E-state index >= 15 is 0 Å². The molecular formula is C18H19BrO2. The monoisotopic (exact) mass is 346 g/mol. The standard InChI is InChI=1S/C18H19BrO2/c1-11-8-12(4-6-15(11)19)17(20)13-5-7-16-14(9-13)18(2,3)10-21-16/h4-9,17,20H,10H2,1-3H3. The van der Waals surface area contributed by atoms with Crippen LogP contribution < -0.4 is 4.74 Å². The molecule has 1 aliphatic heterocycles. The van der Waals surface area contributed by atoms with E-state index in [9.17, 15) is 5.11 Å². The molecule has 0 radical (unpaired) electrons. The lowest BCUT2D eigenvalue weighted by Crippen LogP contribution is -2.18. The molecule has 0 fully saturated rings. The van der Waals surface area contributed by atoms with Crippen LogP contribution in [-0.4, -0.2) is 11.7 Å². The van der Waals surface area contributed by atoms with Gasteiger partial charge in [-0.15, -0.1) is 0 Å². The van der Waals surface area contributed by atoms with E-state index in [1.54, 1.807) is 0 Å². The number of ether oxygens (including phenoxy) is 1. The third-order valence-corrected chi connectivity index (χ3v) is 5.02. The molecule has 0 bridgehead atoms. The van der Waals surface area contributed by atoms with Crippen LogP contribution in [0.1, 0.15) is 42.2 Å². The summed E-state index contributed by atoms with van der Waals surface area (Å²) in [6, 6.07) is 11.9. The SMILES string of the molecule is Cc1cc(C(O)c2ccc3c(c2)C(C)(C)CO3)ccc1Br. The number of hydrogen-bond donors (Lipinski definition) is 1. The van der Waals surface area contributed by atoms with Crippen molar-refractivity contribution in [2.45, 2.75) is 32.3 Å². The maximum Gasteiger partial charge on any atom is 0.123 e. The Morgan fingerprint density at radius 1 is 1.14 bits per heavy atom. The zero-order valence-electron chi connectivity index (χ0n) is 12.5. The molecule has 1 unspecified atom stereocenters. The highest BCUT2D eigenvalue weighted by Crippen LogP contribution is 2.40. The number of aliphatic hydroxyl groups is 1. The van der Waals surface area contributed by atoms with Crippen molar-refractivity contribution in [2.24, 2.45) is 0 Å². The molecule has 110 valence electrons. The highest BCUT2D eigenvalue weighted by atomic mass is 79.9. The average molecular weight is 347 g/mol. The fourth-order valence-corrected chi connectivity index (χ4v) is 2.99. The lowest BCUT2D eigenvalue weighted by atomic mass is 9.85. The van der Waals surface area contributed by atoms with Gasteiger partial charge in [0.25, 0.3) is 0 Å². The third-order valence-electron chi connectivity index (χ3n) is 4.13. The minimum Gasteiger partial charge on any atom is -0.492 e. The summed E-state index contributed by atoms with van der Waals surface area (Å²) in [7, 11) is 0. The summed E-state index contributed by atoms with van der Waals surface area (Å²) in [4.78, 5) is 0. The first-order valence-corrected chi connectivity index (χ1v) is 7.89. The van der Waals surface area contributed by atoms with Crippen LogP contribution in [0.3, 0.4) is 0 Å². The molecule has 0 aliphatic carbocycles. The fourth-order valence-electron chi connectivity index (χ4n) is 2.74. The van der Waals surface area contributed by atoms with Crippen LogP contribution in [0.15, 0.2) is 40.9 Å². The van der Waals surface area contributed by atoms with Crippen LogP contribution in [0.2, 0.25) is 0 Å². The van der Waals surface area contributed by atoms with Crippen LogP contribution in [0, 0.1) is 6.92 Å². The predicted octanol–water partition coefficient (Wildman–Crippen LogP) is 4.51. The van der Waals surface area contributed by atoms with Crippen molar-refractivity contribution in [2.75, 3.05) is 6.61 Å². The van der Waals surface area contributed by atoms with Gasteiger partial charge in [0.2, 0.25) is 0 Å². The van der Waals surface area contributed by atoms with Crippen LogP contribution in [-0.2, 0) is 5.41 Å². The van der Waals surface area contributed by atoms with Crippen LogP contribution >= 0.6 is 15.9 Å². The molecule has 2 nitrogen and oxygen atoms in total. The number of hydrogen-bond acceptors (Lipinski definition) is 2. The van der Waals surface area contributed by atoms with E-state index in [0.717, 1.165) is 26.9 Å². The molecule has 0 aromatic heterocycles. The van der Waals surface area contributed by atoms with Gasteiger partial charge in [0.15, 0.2) is 0 Å². The van der Waals surface area contributed by atoms with Crippen molar-refractivity contribution in [1.29, 1.82) is 0 Å². The quantitative estimate of drug-likeness (QED) is 0.866. The van der Waals surface area contributed by atoms with Crippen molar-refractivity contribution in [3.05, 3.63) is 63.1 Å². The van der Waals surface area contributed by atoms with E-state index in [-0.39, 0.29) is 5.41 Å². The second-order valence-corrected chi connectivity index (χ2v) is 7.19. The molecule has 1 atom stereocenters. The summed E-state index contributed by atoms with van der Waals surface area (Å²) in [5.41, 5.74) is 4.12. The van der Waals surface area contributed by atoms with Gasteiger partial charge in [-0.2, -0.15) is 0 Å². The topological polar surface area (TPSA) is 29.5 Å².